The molecule has 1 unspecified atom stereocenters. The van der Waals surface area contributed by atoms with Crippen LogP contribution in [-0.2, 0) is 10.5 Å². The number of thioether (sulfide) groups is 1. The van der Waals surface area contributed by atoms with Crippen molar-refractivity contribution in [3.05, 3.63) is 35.9 Å². The molecule has 1 N–H and O–H groups in total. The van der Waals surface area contributed by atoms with Gasteiger partial charge in [-0.15, -0.1) is 24.2 Å². The maximum atomic E-state index is 12.3. The molecule has 20 heavy (non-hydrogen) atoms. The topological polar surface area (TPSA) is 32.3 Å². The van der Waals surface area contributed by atoms with Crippen LogP contribution in [0.2, 0.25) is 0 Å². The number of carbonyl (C=O) groups excluding carboxylic acids is 1. The second kappa shape index (κ2) is 9.27. The summed E-state index contributed by atoms with van der Waals surface area (Å²) in [6, 6.07) is 10.3. The molecule has 1 atom stereocenters. The predicted octanol–water partition coefficient (Wildman–Crippen LogP) is 2.55. The Morgan fingerprint density at radius 2 is 2.05 bits per heavy atom. The molecule has 1 aliphatic rings. The molecule has 5 heteroatoms. The molecular formula is C15H23ClN2OS. The SMILES string of the molecule is CC(SCc1ccccc1)C(=O)N1CCCNCC1.Cl. The summed E-state index contributed by atoms with van der Waals surface area (Å²) in [6.45, 7) is 5.70. The van der Waals surface area contributed by atoms with Gasteiger partial charge >= 0.3 is 0 Å². The average Bonchev–Trinajstić information content (AvgIpc) is 2.74. The third-order valence-electron chi connectivity index (χ3n) is 3.34. The number of amides is 1. The van der Waals surface area contributed by atoms with E-state index in [4.69, 9.17) is 0 Å². The third kappa shape index (κ3) is 5.35. The van der Waals surface area contributed by atoms with Crippen LogP contribution in [0.4, 0.5) is 0 Å². The van der Waals surface area contributed by atoms with E-state index in [-0.39, 0.29) is 23.6 Å². The highest BCUT2D eigenvalue weighted by molar-refractivity contribution is 7.99. The molecule has 0 radical (unpaired) electrons. The van der Waals surface area contributed by atoms with Crippen molar-refractivity contribution < 1.29 is 4.79 Å². The Bertz CT molecular complexity index is 394. The van der Waals surface area contributed by atoms with Gasteiger partial charge in [0.1, 0.15) is 0 Å². The van der Waals surface area contributed by atoms with Gasteiger partial charge in [-0.05, 0) is 25.5 Å². The van der Waals surface area contributed by atoms with Crippen molar-refractivity contribution >= 4 is 30.1 Å². The van der Waals surface area contributed by atoms with Crippen molar-refractivity contribution in [2.45, 2.75) is 24.3 Å². The second-order valence-corrected chi connectivity index (χ2v) is 6.20. The first kappa shape index (κ1) is 17.3. The molecule has 0 aliphatic carbocycles. The molecule has 3 nitrogen and oxygen atoms in total. The molecule has 0 bridgehead atoms. The van der Waals surface area contributed by atoms with E-state index in [9.17, 15) is 4.79 Å². The fraction of sp³-hybridized carbons (Fsp3) is 0.533. The zero-order valence-electron chi connectivity index (χ0n) is 11.9. The monoisotopic (exact) mass is 314 g/mol. The summed E-state index contributed by atoms with van der Waals surface area (Å²) in [6.07, 6.45) is 1.06. The predicted molar refractivity (Wildman–Crippen MR) is 88.5 cm³/mol. The lowest BCUT2D eigenvalue weighted by Gasteiger charge is -2.23. The van der Waals surface area contributed by atoms with Crippen LogP contribution in [0.1, 0.15) is 18.9 Å². The molecule has 0 aromatic heterocycles. The highest BCUT2D eigenvalue weighted by Crippen LogP contribution is 2.19. The third-order valence-corrected chi connectivity index (χ3v) is 4.54. The van der Waals surface area contributed by atoms with Gasteiger partial charge in [0.05, 0.1) is 5.25 Å². The molecule has 1 heterocycles. The molecule has 112 valence electrons. The van der Waals surface area contributed by atoms with Crippen LogP contribution in [0.5, 0.6) is 0 Å². The van der Waals surface area contributed by atoms with Crippen LogP contribution < -0.4 is 5.32 Å². The van der Waals surface area contributed by atoms with Gasteiger partial charge in [0.25, 0.3) is 0 Å². The Balaban J connectivity index is 0.00000200. The standard InChI is InChI=1S/C15H22N2OS.ClH/c1-13(19-12-14-6-3-2-4-7-14)15(18)17-10-5-8-16-9-11-17;/h2-4,6-7,13,16H,5,8-12H2,1H3;1H. The molecule has 1 fully saturated rings. The van der Waals surface area contributed by atoms with Crippen LogP contribution in [0.3, 0.4) is 0 Å². The molecule has 0 spiro atoms. The minimum absolute atomic E-state index is 0. The maximum absolute atomic E-state index is 12.3. The lowest BCUT2D eigenvalue weighted by Crippen LogP contribution is -2.38. The fourth-order valence-electron chi connectivity index (χ4n) is 2.19. The number of hydrogen-bond donors (Lipinski definition) is 1. The van der Waals surface area contributed by atoms with Crippen LogP contribution in [-0.4, -0.2) is 42.2 Å². The van der Waals surface area contributed by atoms with E-state index < -0.39 is 0 Å². The summed E-state index contributed by atoms with van der Waals surface area (Å²) >= 11 is 1.73. The summed E-state index contributed by atoms with van der Waals surface area (Å²) in [7, 11) is 0. The van der Waals surface area contributed by atoms with Crippen molar-refractivity contribution in [3.8, 4) is 0 Å². The Morgan fingerprint density at radius 3 is 2.80 bits per heavy atom. The number of nitrogens with one attached hydrogen (secondary N) is 1. The highest BCUT2D eigenvalue weighted by Gasteiger charge is 2.21. The van der Waals surface area contributed by atoms with Gasteiger partial charge in [-0.3, -0.25) is 4.79 Å². The number of benzene rings is 1. The van der Waals surface area contributed by atoms with Crippen molar-refractivity contribution in [1.82, 2.24) is 10.2 Å². The first-order chi connectivity index (χ1) is 9.27. The number of rotatable bonds is 4. The van der Waals surface area contributed by atoms with E-state index in [0.717, 1.165) is 38.4 Å². The summed E-state index contributed by atoms with van der Waals surface area (Å²) in [5.41, 5.74) is 1.28. The number of nitrogens with zero attached hydrogens (tertiary/aromatic N) is 1. The lowest BCUT2D eigenvalue weighted by molar-refractivity contribution is -0.130. The Hall–Kier alpha value is -0.710. The maximum Gasteiger partial charge on any atom is 0.235 e. The minimum atomic E-state index is 0. The van der Waals surface area contributed by atoms with Gasteiger partial charge in [-0.1, -0.05) is 30.3 Å². The van der Waals surface area contributed by atoms with Crippen LogP contribution in [0, 0.1) is 0 Å². The number of halogens is 1. The smallest absolute Gasteiger partial charge is 0.235 e. The summed E-state index contributed by atoms with van der Waals surface area (Å²) in [4.78, 5) is 14.4. The number of hydrogen-bond acceptors (Lipinski definition) is 3. The van der Waals surface area contributed by atoms with Crippen LogP contribution in [0.25, 0.3) is 0 Å². The molecule has 1 aromatic carbocycles. The largest absolute Gasteiger partial charge is 0.340 e. The molecule has 2 rings (SSSR count). The van der Waals surface area contributed by atoms with Crippen molar-refractivity contribution in [3.63, 3.8) is 0 Å². The molecule has 1 saturated heterocycles. The van der Waals surface area contributed by atoms with E-state index in [2.05, 4.69) is 17.4 Å². The zero-order chi connectivity index (χ0) is 13.5. The molecule has 1 aliphatic heterocycles. The molecule has 0 saturated carbocycles. The van der Waals surface area contributed by atoms with Gasteiger partial charge in [0.2, 0.25) is 5.91 Å². The summed E-state index contributed by atoms with van der Waals surface area (Å²) < 4.78 is 0. The van der Waals surface area contributed by atoms with Crippen LogP contribution >= 0.6 is 24.2 Å². The van der Waals surface area contributed by atoms with Crippen LogP contribution in [0.15, 0.2) is 30.3 Å². The van der Waals surface area contributed by atoms with Gasteiger partial charge in [-0.2, -0.15) is 0 Å². The summed E-state index contributed by atoms with van der Waals surface area (Å²) in [5, 5.41) is 3.37. The highest BCUT2D eigenvalue weighted by atomic mass is 35.5. The van der Waals surface area contributed by atoms with Gasteiger partial charge < -0.3 is 10.2 Å². The average molecular weight is 315 g/mol. The van der Waals surface area contributed by atoms with E-state index in [1.54, 1.807) is 11.8 Å². The minimum Gasteiger partial charge on any atom is -0.340 e. The van der Waals surface area contributed by atoms with E-state index >= 15 is 0 Å². The molecule has 1 amide bonds. The lowest BCUT2D eigenvalue weighted by atomic mass is 10.2. The van der Waals surface area contributed by atoms with Gasteiger partial charge in [0, 0.05) is 25.4 Å². The van der Waals surface area contributed by atoms with Crippen molar-refractivity contribution in [2.75, 3.05) is 26.2 Å². The van der Waals surface area contributed by atoms with Crippen molar-refractivity contribution in [2.24, 2.45) is 0 Å². The second-order valence-electron chi connectivity index (χ2n) is 4.87. The van der Waals surface area contributed by atoms with Gasteiger partial charge in [0.15, 0.2) is 0 Å². The molecular weight excluding hydrogens is 292 g/mol. The van der Waals surface area contributed by atoms with E-state index in [1.165, 1.54) is 5.56 Å². The molecule has 1 aromatic rings. The zero-order valence-corrected chi connectivity index (χ0v) is 13.5. The van der Waals surface area contributed by atoms with E-state index in [0.29, 0.717) is 0 Å². The first-order valence-corrected chi connectivity index (χ1v) is 7.97. The number of carbonyl (C=O) groups is 1. The summed E-state index contributed by atoms with van der Waals surface area (Å²) in [5.74, 6) is 1.18. The quantitative estimate of drug-likeness (QED) is 0.927. The Labute approximate surface area is 131 Å². The first-order valence-electron chi connectivity index (χ1n) is 6.92. The van der Waals surface area contributed by atoms with Crippen molar-refractivity contribution in [1.29, 1.82) is 0 Å². The fourth-order valence-corrected chi connectivity index (χ4v) is 3.12. The Morgan fingerprint density at radius 1 is 1.30 bits per heavy atom. The normalized spacial score (nSPS) is 16.9. The van der Waals surface area contributed by atoms with Gasteiger partial charge in [-0.25, -0.2) is 0 Å². The Kier molecular flexibility index (Phi) is 8.04. The van der Waals surface area contributed by atoms with E-state index in [1.807, 2.05) is 30.0 Å².